The lowest BCUT2D eigenvalue weighted by atomic mass is 10.0. The second-order valence-electron chi connectivity index (χ2n) is 5.55. The fourth-order valence-corrected chi connectivity index (χ4v) is 2.60. The molecule has 3 aromatic rings. The molecule has 0 atom stereocenters. The lowest BCUT2D eigenvalue weighted by Gasteiger charge is -2.05. The maximum absolute atomic E-state index is 5.43. The zero-order valence-electron chi connectivity index (χ0n) is 13.8. The third-order valence-electron chi connectivity index (χ3n) is 3.89. The summed E-state index contributed by atoms with van der Waals surface area (Å²) in [6, 6.07) is 26.7. The number of rotatable bonds is 6. The molecule has 3 rings (SSSR count). The first-order valence-corrected chi connectivity index (χ1v) is 8.17. The van der Waals surface area contributed by atoms with Crippen molar-refractivity contribution in [2.45, 2.75) is 20.0 Å². The van der Waals surface area contributed by atoms with Crippen LogP contribution < -0.4 is 0 Å². The third kappa shape index (κ3) is 4.11. The minimum Gasteiger partial charge on any atom is -0.390 e. The van der Waals surface area contributed by atoms with Crippen molar-refractivity contribution in [3.63, 3.8) is 0 Å². The highest BCUT2D eigenvalue weighted by molar-refractivity contribution is 5.81. The van der Waals surface area contributed by atoms with E-state index in [1.807, 2.05) is 48.5 Å². The topological polar surface area (TPSA) is 21.6 Å². The first-order valence-electron chi connectivity index (χ1n) is 8.17. The van der Waals surface area contributed by atoms with Crippen molar-refractivity contribution >= 4 is 6.21 Å². The Kier molecular flexibility index (Phi) is 5.41. The molecule has 0 bridgehead atoms. The van der Waals surface area contributed by atoms with Gasteiger partial charge in [-0.25, -0.2) is 0 Å². The number of benzene rings is 3. The summed E-state index contributed by atoms with van der Waals surface area (Å²) in [6.07, 6.45) is 3.94. The first kappa shape index (κ1) is 16.0. The van der Waals surface area contributed by atoms with Crippen molar-refractivity contribution in [1.29, 1.82) is 0 Å². The Morgan fingerprint density at radius 1 is 0.833 bits per heavy atom. The molecule has 0 N–H and O–H groups in total. The molecule has 2 nitrogen and oxygen atoms in total. The second kappa shape index (κ2) is 8.11. The van der Waals surface area contributed by atoms with Gasteiger partial charge in [0.25, 0.3) is 0 Å². The zero-order chi connectivity index (χ0) is 16.6. The van der Waals surface area contributed by atoms with Crippen LogP contribution in [0.5, 0.6) is 0 Å². The standard InChI is InChI=1S/C22H20NO/c1-2-19-10-6-7-13-22(19)16-23-24-17-18-9-8-14-21(15-18)20-11-4-3-5-12-20/h3-15H,2,17H2,1H3. The summed E-state index contributed by atoms with van der Waals surface area (Å²) in [4.78, 5) is 5.43. The normalized spacial score (nSPS) is 10.9. The Morgan fingerprint density at radius 3 is 2.42 bits per heavy atom. The van der Waals surface area contributed by atoms with Gasteiger partial charge in [0.2, 0.25) is 0 Å². The van der Waals surface area contributed by atoms with Gasteiger partial charge in [0, 0.05) is 5.56 Å². The van der Waals surface area contributed by atoms with Crippen LogP contribution in [0, 0.1) is 0 Å². The van der Waals surface area contributed by atoms with Gasteiger partial charge in [0.05, 0.1) is 0 Å². The molecular weight excluding hydrogens is 294 g/mol. The largest absolute Gasteiger partial charge is 0.390 e. The monoisotopic (exact) mass is 314 g/mol. The minimum atomic E-state index is 0.433. The van der Waals surface area contributed by atoms with E-state index in [0.29, 0.717) is 6.61 Å². The van der Waals surface area contributed by atoms with Crippen molar-refractivity contribution in [2.75, 3.05) is 0 Å². The van der Waals surface area contributed by atoms with E-state index in [2.05, 4.69) is 48.6 Å². The highest BCUT2D eigenvalue weighted by atomic mass is 16.6. The van der Waals surface area contributed by atoms with E-state index in [1.165, 1.54) is 16.7 Å². The molecule has 3 aromatic carbocycles. The van der Waals surface area contributed by atoms with Gasteiger partial charge in [-0.15, -0.1) is 0 Å². The predicted molar refractivity (Wildman–Crippen MR) is 99.0 cm³/mol. The Labute approximate surface area is 143 Å². The van der Waals surface area contributed by atoms with Crippen molar-refractivity contribution in [3.05, 3.63) is 95.6 Å². The van der Waals surface area contributed by atoms with Crippen LogP contribution in [0.1, 0.15) is 23.6 Å². The van der Waals surface area contributed by atoms with Gasteiger partial charge in [0.15, 0.2) is 0 Å². The molecule has 0 amide bonds. The van der Waals surface area contributed by atoms with Gasteiger partial charge in [-0.2, -0.15) is 0 Å². The molecule has 0 aliphatic carbocycles. The Hall–Kier alpha value is -2.87. The van der Waals surface area contributed by atoms with E-state index in [9.17, 15) is 0 Å². The van der Waals surface area contributed by atoms with Gasteiger partial charge in [-0.05, 0) is 34.7 Å². The van der Waals surface area contributed by atoms with Crippen LogP contribution >= 0.6 is 0 Å². The quantitative estimate of drug-likeness (QED) is 0.444. The van der Waals surface area contributed by atoms with E-state index in [4.69, 9.17) is 4.84 Å². The van der Waals surface area contributed by atoms with E-state index < -0.39 is 0 Å². The highest BCUT2D eigenvalue weighted by Gasteiger charge is 2.00. The van der Waals surface area contributed by atoms with E-state index in [0.717, 1.165) is 17.5 Å². The summed E-state index contributed by atoms with van der Waals surface area (Å²) in [7, 11) is 0. The fraction of sp³-hybridized carbons (Fsp3) is 0.136. The molecule has 0 saturated heterocycles. The van der Waals surface area contributed by atoms with Crippen molar-refractivity contribution in [2.24, 2.45) is 5.16 Å². The van der Waals surface area contributed by atoms with Crippen LogP contribution in [0.25, 0.3) is 11.1 Å². The molecule has 0 heterocycles. The minimum absolute atomic E-state index is 0.433. The second-order valence-corrected chi connectivity index (χ2v) is 5.55. The smallest absolute Gasteiger partial charge is 0.142 e. The lowest BCUT2D eigenvalue weighted by Crippen LogP contribution is -1.92. The van der Waals surface area contributed by atoms with Crippen LogP contribution in [0.15, 0.2) is 84.0 Å². The molecule has 0 unspecified atom stereocenters. The fourth-order valence-electron chi connectivity index (χ4n) is 2.60. The third-order valence-corrected chi connectivity index (χ3v) is 3.89. The maximum atomic E-state index is 5.43. The van der Waals surface area contributed by atoms with Crippen LogP contribution in [0.4, 0.5) is 0 Å². The van der Waals surface area contributed by atoms with Crippen molar-refractivity contribution in [1.82, 2.24) is 0 Å². The molecule has 0 aromatic heterocycles. The van der Waals surface area contributed by atoms with Gasteiger partial charge >= 0.3 is 0 Å². The Bertz CT molecular complexity index is 809. The maximum Gasteiger partial charge on any atom is 0.142 e. The van der Waals surface area contributed by atoms with Gasteiger partial charge in [-0.3, -0.25) is 0 Å². The van der Waals surface area contributed by atoms with Gasteiger partial charge in [0.1, 0.15) is 12.8 Å². The number of nitrogens with zero attached hydrogens (tertiary/aromatic N) is 1. The summed E-state index contributed by atoms with van der Waals surface area (Å²) >= 11 is 0. The average molecular weight is 314 g/mol. The number of hydrogen-bond acceptors (Lipinski definition) is 2. The van der Waals surface area contributed by atoms with Crippen molar-refractivity contribution in [3.8, 4) is 11.1 Å². The number of hydrogen-bond donors (Lipinski definition) is 0. The number of aryl methyl sites for hydroxylation is 1. The van der Waals surface area contributed by atoms with E-state index >= 15 is 0 Å². The Morgan fingerprint density at radius 2 is 1.58 bits per heavy atom. The lowest BCUT2D eigenvalue weighted by molar-refractivity contribution is 0.132. The predicted octanol–water partition coefficient (Wildman–Crippen LogP) is 5.34. The molecule has 0 saturated carbocycles. The van der Waals surface area contributed by atoms with Gasteiger partial charge < -0.3 is 4.84 Å². The molecule has 0 aliphatic heterocycles. The first-order chi connectivity index (χ1) is 11.9. The highest BCUT2D eigenvalue weighted by Crippen LogP contribution is 2.20. The van der Waals surface area contributed by atoms with Gasteiger partial charge in [-0.1, -0.05) is 84.9 Å². The van der Waals surface area contributed by atoms with Crippen LogP contribution in [0.3, 0.4) is 0 Å². The summed E-state index contributed by atoms with van der Waals surface area (Å²) in [5, 5.41) is 4.00. The van der Waals surface area contributed by atoms with Crippen molar-refractivity contribution < 1.29 is 4.84 Å². The molecule has 119 valence electrons. The molecule has 0 aliphatic rings. The summed E-state index contributed by atoms with van der Waals surface area (Å²) in [5.74, 6) is 0. The van der Waals surface area contributed by atoms with E-state index in [-0.39, 0.29) is 0 Å². The zero-order valence-corrected chi connectivity index (χ0v) is 13.8. The summed E-state index contributed by atoms with van der Waals surface area (Å²) in [6.45, 7) is 2.55. The summed E-state index contributed by atoms with van der Waals surface area (Å²) < 4.78 is 0. The van der Waals surface area contributed by atoms with Crippen LogP contribution in [0.2, 0.25) is 0 Å². The molecule has 0 fully saturated rings. The SMILES string of the molecule is CCc1ccccc1/[C]=N\OCc1cccc(-c2ccccc2)c1. The molecule has 1 radical (unpaired) electrons. The molecule has 24 heavy (non-hydrogen) atoms. The molecule has 0 spiro atoms. The van der Waals surface area contributed by atoms with E-state index in [1.54, 1.807) is 0 Å². The van der Waals surface area contributed by atoms with Crippen LogP contribution in [-0.4, -0.2) is 6.21 Å². The summed E-state index contributed by atoms with van der Waals surface area (Å²) in [5.41, 5.74) is 5.67. The Balaban J connectivity index is 1.64. The average Bonchev–Trinajstić information content (AvgIpc) is 2.66. The van der Waals surface area contributed by atoms with Crippen LogP contribution in [-0.2, 0) is 17.9 Å². The molecule has 2 heteroatoms. The molecular formula is C22H20NO.